The van der Waals surface area contributed by atoms with E-state index in [0.29, 0.717) is 6.54 Å². The topological polar surface area (TPSA) is 55.3 Å². The molecule has 0 amide bonds. The Balaban J connectivity index is 2.79. The number of hydrogen-bond donors (Lipinski definition) is 2. The quantitative estimate of drug-likeness (QED) is 0.541. The third-order valence-electron chi connectivity index (χ3n) is 1.78. The van der Waals surface area contributed by atoms with Crippen LogP contribution in [0.15, 0.2) is 36.5 Å². The Hall–Kier alpha value is -1.32. The van der Waals surface area contributed by atoms with Gasteiger partial charge in [-0.15, -0.1) is 0 Å². The van der Waals surface area contributed by atoms with Crippen LogP contribution in [0, 0.1) is 0 Å². The average molecular weight is 177 g/mol. The zero-order valence-corrected chi connectivity index (χ0v) is 7.77. The second kappa shape index (κ2) is 4.64. The Morgan fingerprint density at radius 2 is 1.92 bits per heavy atom. The van der Waals surface area contributed by atoms with Crippen molar-refractivity contribution in [2.24, 2.45) is 11.6 Å². The van der Waals surface area contributed by atoms with Gasteiger partial charge in [0.25, 0.3) is 0 Å². The van der Waals surface area contributed by atoms with Gasteiger partial charge in [-0.25, -0.2) is 5.84 Å². The Labute approximate surface area is 78.6 Å². The molecule has 70 valence electrons. The largest absolute Gasteiger partial charge is 0.326 e. The van der Waals surface area contributed by atoms with E-state index in [2.05, 4.69) is 0 Å². The van der Waals surface area contributed by atoms with Crippen LogP contribution in [-0.2, 0) is 6.54 Å². The molecule has 0 saturated carbocycles. The number of rotatable bonds is 3. The number of hydrazine groups is 1. The lowest BCUT2D eigenvalue weighted by molar-refractivity contribution is 1.05. The number of nitrogens with zero attached hydrogens (tertiary/aromatic N) is 1. The van der Waals surface area contributed by atoms with Crippen LogP contribution in [0.25, 0.3) is 0 Å². The fourth-order valence-electron chi connectivity index (χ4n) is 1.05. The third-order valence-corrected chi connectivity index (χ3v) is 1.78. The summed E-state index contributed by atoms with van der Waals surface area (Å²) < 4.78 is 0. The van der Waals surface area contributed by atoms with E-state index in [4.69, 9.17) is 11.6 Å². The van der Waals surface area contributed by atoms with E-state index in [9.17, 15) is 0 Å². The molecule has 3 nitrogen and oxygen atoms in total. The number of nitrogens with two attached hydrogens (primary N) is 2. The average Bonchev–Trinajstić information content (AvgIpc) is 2.18. The van der Waals surface area contributed by atoms with Gasteiger partial charge in [0.2, 0.25) is 0 Å². The highest BCUT2D eigenvalue weighted by Gasteiger charge is 1.95. The van der Waals surface area contributed by atoms with Crippen molar-refractivity contribution in [3.63, 3.8) is 0 Å². The van der Waals surface area contributed by atoms with Crippen molar-refractivity contribution in [1.82, 2.24) is 0 Å². The molecule has 0 aliphatic heterocycles. The molecule has 0 aliphatic rings. The molecule has 0 heterocycles. The molecule has 3 heteroatoms. The first-order valence-corrected chi connectivity index (χ1v) is 4.23. The molecule has 1 rings (SSSR count). The van der Waals surface area contributed by atoms with Crippen LogP contribution in [0.3, 0.4) is 0 Å². The highest BCUT2D eigenvalue weighted by atomic mass is 15.4. The van der Waals surface area contributed by atoms with Gasteiger partial charge in [-0.1, -0.05) is 18.2 Å². The summed E-state index contributed by atoms with van der Waals surface area (Å²) in [5.74, 6) is 5.71. The first-order valence-electron chi connectivity index (χ1n) is 4.23. The standard InChI is InChI=1S/C10H15N3/c1-2-7-13(12)10-5-3-9(8-11)4-6-10/h2-7H,8,11-12H2,1H3/b7-2-. The van der Waals surface area contributed by atoms with Gasteiger partial charge in [-0.05, 0) is 24.6 Å². The van der Waals surface area contributed by atoms with Gasteiger partial charge in [-0.3, -0.25) is 5.01 Å². The van der Waals surface area contributed by atoms with Gasteiger partial charge in [0.05, 0.1) is 5.69 Å². The first kappa shape index (κ1) is 9.77. The van der Waals surface area contributed by atoms with E-state index in [1.54, 1.807) is 11.2 Å². The number of anilines is 1. The zero-order chi connectivity index (χ0) is 9.68. The normalized spacial score (nSPS) is 10.7. The fraction of sp³-hybridized carbons (Fsp3) is 0.200. The molecule has 0 fully saturated rings. The highest BCUT2D eigenvalue weighted by molar-refractivity contribution is 5.48. The smallest absolute Gasteiger partial charge is 0.0568 e. The maximum Gasteiger partial charge on any atom is 0.0568 e. The van der Waals surface area contributed by atoms with E-state index in [1.165, 1.54) is 0 Å². The minimum absolute atomic E-state index is 0.564. The summed E-state index contributed by atoms with van der Waals surface area (Å²) in [4.78, 5) is 0. The molecule has 0 aromatic heterocycles. The van der Waals surface area contributed by atoms with Gasteiger partial charge in [0, 0.05) is 12.7 Å². The van der Waals surface area contributed by atoms with Crippen molar-refractivity contribution in [1.29, 1.82) is 0 Å². The van der Waals surface area contributed by atoms with Crippen LogP contribution in [0.2, 0.25) is 0 Å². The molecule has 0 atom stereocenters. The van der Waals surface area contributed by atoms with Gasteiger partial charge in [0.1, 0.15) is 0 Å². The fourth-order valence-corrected chi connectivity index (χ4v) is 1.05. The Kier molecular flexibility index (Phi) is 3.49. The zero-order valence-electron chi connectivity index (χ0n) is 7.77. The number of hydrogen-bond acceptors (Lipinski definition) is 3. The van der Waals surface area contributed by atoms with E-state index in [1.807, 2.05) is 37.3 Å². The van der Waals surface area contributed by atoms with Crippen molar-refractivity contribution in [3.05, 3.63) is 42.1 Å². The van der Waals surface area contributed by atoms with Crippen LogP contribution in [-0.4, -0.2) is 0 Å². The molecule has 1 aromatic rings. The lowest BCUT2D eigenvalue weighted by Gasteiger charge is -2.13. The third kappa shape index (κ3) is 2.57. The summed E-state index contributed by atoms with van der Waals surface area (Å²) >= 11 is 0. The molecule has 0 spiro atoms. The van der Waals surface area contributed by atoms with Crippen molar-refractivity contribution < 1.29 is 0 Å². The predicted molar refractivity (Wildman–Crippen MR) is 55.8 cm³/mol. The Morgan fingerprint density at radius 1 is 1.31 bits per heavy atom. The molecule has 0 unspecified atom stereocenters. The molecule has 0 radical (unpaired) electrons. The summed E-state index contributed by atoms with van der Waals surface area (Å²) in [6.07, 6.45) is 3.69. The maximum atomic E-state index is 5.71. The van der Waals surface area contributed by atoms with Crippen LogP contribution >= 0.6 is 0 Å². The first-order chi connectivity index (χ1) is 6.27. The molecule has 0 saturated heterocycles. The molecule has 4 N–H and O–H groups in total. The summed E-state index contributed by atoms with van der Waals surface area (Å²) in [5.41, 5.74) is 7.54. The van der Waals surface area contributed by atoms with Crippen molar-refractivity contribution in [2.75, 3.05) is 5.01 Å². The van der Waals surface area contributed by atoms with Gasteiger partial charge in [0.15, 0.2) is 0 Å². The lowest BCUT2D eigenvalue weighted by Crippen LogP contribution is -2.23. The van der Waals surface area contributed by atoms with Crippen molar-refractivity contribution in [2.45, 2.75) is 13.5 Å². The molecule has 1 aromatic carbocycles. The van der Waals surface area contributed by atoms with Gasteiger partial charge < -0.3 is 5.73 Å². The number of benzene rings is 1. The number of allylic oxidation sites excluding steroid dienone is 1. The van der Waals surface area contributed by atoms with Gasteiger partial charge in [-0.2, -0.15) is 0 Å². The van der Waals surface area contributed by atoms with E-state index in [-0.39, 0.29) is 0 Å². The minimum Gasteiger partial charge on any atom is -0.326 e. The molecule has 0 bridgehead atoms. The van der Waals surface area contributed by atoms with Crippen molar-refractivity contribution in [3.8, 4) is 0 Å². The molecule has 13 heavy (non-hydrogen) atoms. The van der Waals surface area contributed by atoms with Crippen molar-refractivity contribution >= 4 is 5.69 Å². The predicted octanol–water partition coefficient (Wildman–Crippen LogP) is 1.36. The van der Waals surface area contributed by atoms with Crippen LogP contribution in [0.5, 0.6) is 0 Å². The van der Waals surface area contributed by atoms with E-state index in [0.717, 1.165) is 11.3 Å². The second-order valence-electron chi connectivity index (χ2n) is 2.76. The molecule has 0 aliphatic carbocycles. The van der Waals surface area contributed by atoms with Crippen LogP contribution < -0.4 is 16.6 Å². The SMILES string of the molecule is C/C=C\N(N)c1ccc(CN)cc1. The molecular formula is C10H15N3. The molecular weight excluding hydrogens is 162 g/mol. The monoisotopic (exact) mass is 177 g/mol. The summed E-state index contributed by atoms with van der Waals surface area (Å²) in [6.45, 7) is 2.49. The second-order valence-corrected chi connectivity index (χ2v) is 2.76. The summed E-state index contributed by atoms with van der Waals surface area (Å²) in [6, 6.07) is 7.84. The van der Waals surface area contributed by atoms with Crippen LogP contribution in [0.1, 0.15) is 12.5 Å². The summed E-state index contributed by atoms with van der Waals surface area (Å²) in [7, 11) is 0. The maximum absolute atomic E-state index is 5.71. The van der Waals surface area contributed by atoms with E-state index >= 15 is 0 Å². The minimum atomic E-state index is 0.564. The van der Waals surface area contributed by atoms with E-state index < -0.39 is 0 Å². The summed E-state index contributed by atoms with van der Waals surface area (Å²) in [5, 5.41) is 1.57. The Morgan fingerprint density at radius 3 is 2.38 bits per heavy atom. The van der Waals surface area contributed by atoms with Crippen LogP contribution in [0.4, 0.5) is 5.69 Å². The Bertz CT molecular complexity index is 277. The lowest BCUT2D eigenvalue weighted by atomic mass is 10.2. The van der Waals surface area contributed by atoms with Gasteiger partial charge >= 0.3 is 0 Å². The highest BCUT2D eigenvalue weighted by Crippen LogP contribution is 2.12.